The topological polar surface area (TPSA) is 20.3 Å². The highest BCUT2D eigenvalue weighted by atomic mass is 33.1. The summed E-state index contributed by atoms with van der Waals surface area (Å²) >= 11 is 0. The molecule has 23 heavy (non-hydrogen) atoms. The number of nitrogens with zero attached hydrogens (tertiary/aromatic N) is 1. The Balaban J connectivity index is 1.46. The number of unbranched alkanes of at least 4 members (excludes halogenated alkanes) is 1. The zero-order valence-electron chi connectivity index (χ0n) is 13.4. The minimum absolute atomic E-state index is 0.143. The minimum atomic E-state index is -0.215. The Morgan fingerprint density at radius 3 is 2.78 bits per heavy atom. The van der Waals surface area contributed by atoms with Crippen LogP contribution in [-0.4, -0.2) is 28.4 Å². The van der Waals surface area contributed by atoms with E-state index in [1.807, 2.05) is 38.6 Å². The number of amides is 1. The van der Waals surface area contributed by atoms with Gasteiger partial charge in [0.2, 0.25) is 5.91 Å². The second kappa shape index (κ2) is 8.43. The molecule has 2 nitrogen and oxygen atoms in total. The van der Waals surface area contributed by atoms with Crippen molar-refractivity contribution >= 4 is 27.5 Å². The van der Waals surface area contributed by atoms with Crippen LogP contribution < -0.4 is 0 Å². The molecule has 0 spiro atoms. The zero-order chi connectivity index (χ0) is 16.1. The molecule has 0 radical (unpaired) electrons. The van der Waals surface area contributed by atoms with E-state index in [9.17, 15) is 9.18 Å². The van der Waals surface area contributed by atoms with Crippen molar-refractivity contribution in [2.75, 3.05) is 12.3 Å². The molecule has 0 aliphatic carbocycles. The molecule has 1 aromatic rings. The fraction of sp³-hybridized carbons (Fsp3) is 0.611. The molecule has 2 fully saturated rings. The third-order valence-electron chi connectivity index (χ3n) is 4.72. The van der Waals surface area contributed by atoms with Crippen molar-refractivity contribution in [3.8, 4) is 0 Å². The number of carbonyl (C=O) groups excluding carboxylic acids is 1. The van der Waals surface area contributed by atoms with Crippen LogP contribution >= 0.6 is 21.6 Å². The Bertz CT molecular complexity index is 516. The second-order valence-electron chi connectivity index (χ2n) is 6.37. The Morgan fingerprint density at radius 1 is 1.22 bits per heavy atom. The van der Waals surface area contributed by atoms with Crippen LogP contribution in [0.1, 0.15) is 56.6 Å². The van der Waals surface area contributed by atoms with Crippen molar-refractivity contribution in [2.45, 2.75) is 56.2 Å². The Kier molecular flexibility index (Phi) is 6.29. The maximum absolute atomic E-state index is 13.1. The van der Waals surface area contributed by atoms with Crippen molar-refractivity contribution in [3.63, 3.8) is 0 Å². The number of rotatable bonds is 6. The van der Waals surface area contributed by atoms with Crippen LogP contribution in [0.15, 0.2) is 24.3 Å². The van der Waals surface area contributed by atoms with E-state index in [1.54, 1.807) is 0 Å². The van der Waals surface area contributed by atoms with Gasteiger partial charge in [-0.3, -0.25) is 4.79 Å². The lowest BCUT2D eigenvalue weighted by atomic mass is 10.0. The molecule has 126 valence electrons. The van der Waals surface area contributed by atoms with E-state index in [1.165, 1.54) is 30.7 Å². The maximum Gasteiger partial charge on any atom is 0.223 e. The number of hydrogen-bond donors (Lipinski definition) is 0. The summed E-state index contributed by atoms with van der Waals surface area (Å²) in [5.74, 6) is 1.33. The fourth-order valence-electron chi connectivity index (χ4n) is 3.45. The average molecular weight is 354 g/mol. The SMILES string of the molecule is O=C(CCCCC1CCSS1)N1CCCC1c1ccc(F)cc1. The lowest BCUT2D eigenvalue weighted by Gasteiger charge is -2.25. The smallest absolute Gasteiger partial charge is 0.223 e. The number of benzene rings is 1. The van der Waals surface area contributed by atoms with Gasteiger partial charge in [-0.05, 0) is 49.8 Å². The van der Waals surface area contributed by atoms with Gasteiger partial charge in [0.15, 0.2) is 0 Å². The molecule has 2 heterocycles. The molecule has 1 aromatic carbocycles. The molecule has 2 aliphatic heterocycles. The molecule has 2 aliphatic rings. The van der Waals surface area contributed by atoms with Crippen molar-refractivity contribution in [3.05, 3.63) is 35.6 Å². The van der Waals surface area contributed by atoms with E-state index in [-0.39, 0.29) is 17.8 Å². The summed E-state index contributed by atoms with van der Waals surface area (Å²) in [7, 11) is 4.00. The molecule has 5 heteroatoms. The fourth-order valence-corrected chi connectivity index (χ4v) is 6.48. The lowest BCUT2D eigenvalue weighted by Crippen LogP contribution is -2.30. The highest BCUT2D eigenvalue weighted by Gasteiger charge is 2.29. The molecule has 2 atom stereocenters. The normalized spacial score (nSPS) is 24.3. The van der Waals surface area contributed by atoms with E-state index in [0.29, 0.717) is 6.42 Å². The summed E-state index contributed by atoms with van der Waals surface area (Å²) in [5.41, 5.74) is 1.07. The van der Waals surface area contributed by atoms with E-state index >= 15 is 0 Å². The Labute approximate surface area is 146 Å². The molecule has 0 aromatic heterocycles. The third kappa shape index (κ3) is 4.66. The van der Waals surface area contributed by atoms with Gasteiger partial charge in [-0.1, -0.05) is 40.1 Å². The van der Waals surface area contributed by atoms with Gasteiger partial charge in [-0.2, -0.15) is 0 Å². The molecule has 0 N–H and O–H groups in total. The van der Waals surface area contributed by atoms with Gasteiger partial charge in [0.1, 0.15) is 5.82 Å². The van der Waals surface area contributed by atoms with E-state index in [4.69, 9.17) is 0 Å². The summed E-state index contributed by atoms with van der Waals surface area (Å²) in [6.07, 6.45) is 7.40. The second-order valence-corrected chi connectivity index (χ2v) is 9.16. The van der Waals surface area contributed by atoms with Gasteiger partial charge in [0.25, 0.3) is 0 Å². The van der Waals surface area contributed by atoms with Gasteiger partial charge in [-0.15, -0.1) is 0 Å². The van der Waals surface area contributed by atoms with E-state index in [2.05, 4.69) is 0 Å². The van der Waals surface area contributed by atoms with Crippen LogP contribution in [0.5, 0.6) is 0 Å². The molecular weight excluding hydrogens is 329 g/mol. The summed E-state index contributed by atoms with van der Waals surface area (Å²) in [5, 5.41) is 0.800. The first-order chi connectivity index (χ1) is 11.2. The van der Waals surface area contributed by atoms with E-state index < -0.39 is 0 Å². The minimum Gasteiger partial charge on any atom is -0.336 e. The quantitative estimate of drug-likeness (QED) is 0.518. The predicted octanol–water partition coefficient (Wildman–Crippen LogP) is 5.20. The number of carbonyl (C=O) groups is 1. The highest BCUT2D eigenvalue weighted by Crippen LogP contribution is 2.40. The van der Waals surface area contributed by atoms with Gasteiger partial charge < -0.3 is 4.90 Å². The van der Waals surface area contributed by atoms with Crippen LogP contribution in [0.4, 0.5) is 4.39 Å². The van der Waals surface area contributed by atoms with Crippen molar-refractivity contribution in [2.24, 2.45) is 0 Å². The molecule has 2 unspecified atom stereocenters. The van der Waals surface area contributed by atoms with E-state index in [0.717, 1.165) is 43.0 Å². The summed E-state index contributed by atoms with van der Waals surface area (Å²) in [4.78, 5) is 14.5. The largest absolute Gasteiger partial charge is 0.336 e. The number of likely N-dealkylation sites (tertiary alicyclic amines) is 1. The van der Waals surface area contributed by atoms with Crippen LogP contribution in [0.2, 0.25) is 0 Å². The van der Waals surface area contributed by atoms with Gasteiger partial charge in [0.05, 0.1) is 6.04 Å². The standard InChI is InChI=1S/C18H24FNOS2/c19-15-9-7-14(8-10-15)17-5-3-12-20(17)18(21)6-2-1-4-16-11-13-22-23-16/h7-10,16-17H,1-6,11-13H2. The monoisotopic (exact) mass is 353 g/mol. The Hall–Kier alpha value is -0.680. The summed E-state index contributed by atoms with van der Waals surface area (Å²) in [6.45, 7) is 0.843. The zero-order valence-corrected chi connectivity index (χ0v) is 15.0. The molecule has 3 rings (SSSR count). The first kappa shape index (κ1) is 17.2. The van der Waals surface area contributed by atoms with Crippen LogP contribution in [0, 0.1) is 5.82 Å². The average Bonchev–Trinajstić information content (AvgIpc) is 3.23. The predicted molar refractivity (Wildman–Crippen MR) is 97.0 cm³/mol. The third-order valence-corrected chi connectivity index (χ3v) is 7.73. The van der Waals surface area contributed by atoms with Crippen LogP contribution in [-0.2, 0) is 4.79 Å². The lowest BCUT2D eigenvalue weighted by molar-refractivity contribution is -0.132. The van der Waals surface area contributed by atoms with Gasteiger partial charge in [0, 0.05) is 24.0 Å². The molecule has 1 amide bonds. The Morgan fingerprint density at radius 2 is 2.04 bits per heavy atom. The maximum atomic E-state index is 13.1. The number of halogens is 1. The van der Waals surface area contributed by atoms with Crippen molar-refractivity contribution < 1.29 is 9.18 Å². The summed E-state index contributed by atoms with van der Waals surface area (Å²) in [6, 6.07) is 6.77. The number of hydrogen-bond acceptors (Lipinski definition) is 3. The highest BCUT2D eigenvalue weighted by molar-refractivity contribution is 8.77. The molecule has 0 saturated carbocycles. The van der Waals surface area contributed by atoms with Crippen molar-refractivity contribution in [1.29, 1.82) is 0 Å². The first-order valence-corrected chi connectivity index (χ1v) is 11.0. The van der Waals surface area contributed by atoms with Gasteiger partial charge >= 0.3 is 0 Å². The van der Waals surface area contributed by atoms with Crippen LogP contribution in [0.25, 0.3) is 0 Å². The van der Waals surface area contributed by atoms with Gasteiger partial charge in [-0.25, -0.2) is 4.39 Å². The first-order valence-electron chi connectivity index (χ1n) is 8.57. The van der Waals surface area contributed by atoms with Crippen LogP contribution in [0.3, 0.4) is 0 Å². The molecule has 0 bridgehead atoms. The van der Waals surface area contributed by atoms with Crippen molar-refractivity contribution in [1.82, 2.24) is 4.90 Å². The summed E-state index contributed by atoms with van der Waals surface area (Å²) < 4.78 is 13.1. The molecule has 2 saturated heterocycles. The molecular formula is C18H24FNOS2.